The minimum absolute atomic E-state index is 0. The zero-order valence-electron chi connectivity index (χ0n) is 23.7. The minimum atomic E-state index is -0.643. The Kier molecular flexibility index (Phi) is 7.66. The number of anilines is 2. The number of fused-ring (bicyclic) bond motifs is 1. The molecule has 7 nitrogen and oxygen atoms in total. The first-order chi connectivity index (χ1) is 19.6. The monoisotopic (exact) mass is 557 g/mol. The number of pyridine rings is 1. The topological polar surface area (TPSA) is 81.7 Å². The Labute approximate surface area is 242 Å². The fourth-order valence-electron chi connectivity index (χ4n) is 5.13. The molecule has 0 radical (unpaired) electrons. The van der Waals surface area contributed by atoms with E-state index in [4.69, 9.17) is 14.2 Å². The Morgan fingerprint density at radius 2 is 1.85 bits per heavy atom. The van der Waals surface area contributed by atoms with Crippen molar-refractivity contribution in [2.45, 2.75) is 39.8 Å². The number of benzene rings is 3. The van der Waals surface area contributed by atoms with E-state index in [1.54, 1.807) is 43.6 Å². The molecule has 0 aliphatic carbocycles. The largest absolute Gasteiger partial charge is 0.496 e. The lowest BCUT2D eigenvalue weighted by molar-refractivity contribution is 0.215. The molecule has 0 saturated carbocycles. The van der Waals surface area contributed by atoms with Gasteiger partial charge in [0.15, 0.2) is 0 Å². The van der Waals surface area contributed by atoms with Crippen molar-refractivity contribution in [3.05, 3.63) is 102 Å². The molecule has 0 spiro atoms. The molecule has 1 amide bonds. The molecule has 1 aliphatic rings. The summed E-state index contributed by atoms with van der Waals surface area (Å²) in [5.74, 6) is 0.961. The Hall–Kier alpha value is -4.85. The standard InChI is InChI=1S/C33H32FN3O4.2H2/c1-20-8-9-22(34)15-29(20)40-19-27-25(12-13-28-31(27)21(2)17-33(3,4)37-28)26-11-10-24(16-30(26)39-5)41-32(38)36-23-7-6-14-35-18-23;;/h6-18,37H,19H2,1-5H3,(H,36,38);2*1H. The van der Waals surface area contributed by atoms with Gasteiger partial charge in [0.1, 0.15) is 29.7 Å². The number of nitrogens with zero attached hydrogens (tertiary/aromatic N) is 1. The highest BCUT2D eigenvalue weighted by Gasteiger charge is 2.27. The molecule has 2 N–H and O–H groups in total. The summed E-state index contributed by atoms with van der Waals surface area (Å²) in [5, 5.41) is 6.24. The lowest BCUT2D eigenvalue weighted by Gasteiger charge is -2.33. The van der Waals surface area contributed by atoms with E-state index in [1.807, 2.05) is 25.1 Å². The van der Waals surface area contributed by atoms with Crippen molar-refractivity contribution in [2.75, 3.05) is 17.7 Å². The maximum Gasteiger partial charge on any atom is 0.417 e. The average Bonchev–Trinajstić information content (AvgIpc) is 2.93. The molecule has 1 aliphatic heterocycles. The number of rotatable bonds is 7. The van der Waals surface area contributed by atoms with Crippen molar-refractivity contribution < 1.29 is 26.2 Å². The third-order valence-electron chi connectivity index (χ3n) is 6.85. The summed E-state index contributed by atoms with van der Waals surface area (Å²) in [6.45, 7) is 8.40. The maximum atomic E-state index is 14.0. The average molecular weight is 558 g/mol. The van der Waals surface area contributed by atoms with Crippen LogP contribution in [0.4, 0.5) is 20.6 Å². The van der Waals surface area contributed by atoms with Crippen LogP contribution in [0.25, 0.3) is 16.7 Å². The molecule has 0 saturated heterocycles. The summed E-state index contributed by atoms with van der Waals surface area (Å²) in [6.07, 6.45) is 4.69. The second-order valence-electron chi connectivity index (χ2n) is 10.5. The lowest BCUT2D eigenvalue weighted by Crippen LogP contribution is -2.32. The van der Waals surface area contributed by atoms with Crippen LogP contribution in [0.5, 0.6) is 17.2 Å². The number of aromatic nitrogens is 1. The van der Waals surface area contributed by atoms with Crippen LogP contribution in [0.3, 0.4) is 0 Å². The first kappa shape index (κ1) is 27.7. The van der Waals surface area contributed by atoms with Crippen molar-refractivity contribution in [1.29, 1.82) is 0 Å². The van der Waals surface area contributed by atoms with Crippen molar-refractivity contribution in [3.8, 4) is 28.4 Å². The van der Waals surface area contributed by atoms with Gasteiger partial charge in [-0.15, -0.1) is 0 Å². The van der Waals surface area contributed by atoms with E-state index in [0.29, 0.717) is 22.9 Å². The number of ether oxygens (including phenoxy) is 3. The van der Waals surface area contributed by atoms with E-state index < -0.39 is 6.09 Å². The Balaban J connectivity index is 0.00000253. The SMILES string of the molecule is COc1cc(OC(=O)Nc2cccnc2)ccc1-c1ccc2c(c1COc1cc(F)ccc1C)C(C)=CC(C)(C)N2.[HH].[HH]. The van der Waals surface area contributed by atoms with Gasteiger partial charge in [0, 0.05) is 43.6 Å². The van der Waals surface area contributed by atoms with Gasteiger partial charge < -0.3 is 19.5 Å². The summed E-state index contributed by atoms with van der Waals surface area (Å²) in [6, 6.07) is 17.3. The van der Waals surface area contributed by atoms with Crippen molar-refractivity contribution >= 4 is 23.0 Å². The van der Waals surface area contributed by atoms with Gasteiger partial charge in [-0.3, -0.25) is 10.3 Å². The van der Waals surface area contributed by atoms with Crippen molar-refractivity contribution in [3.63, 3.8) is 0 Å². The number of amides is 1. The summed E-state index contributed by atoms with van der Waals surface area (Å²) >= 11 is 0. The molecular weight excluding hydrogens is 521 g/mol. The van der Waals surface area contributed by atoms with Crippen LogP contribution in [0.15, 0.2) is 79.1 Å². The summed E-state index contributed by atoms with van der Waals surface area (Å²) in [5.41, 5.74) is 6.85. The fraction of sp³-hybridized carbons (Fsp3) is 0.212. The van der Waals surface area contributed by atoms with Gasteiger partial charge in [0.25, 0.3) is 0 Å². The highest BCUT2D eigenvalue weighted by molar-refractivity contribution is 5.89. The van der Waals surface area contributed by atoms with Crippen molar-refractivity contribution in [2.24, 2.45) is 0 Å². The van der Waals surface area contributed by atoms with Gasteiger partial charge in [-0.05, 0) is 80.8 Å². The molecular formula is C33H36FN3O4. The fourth-order valence-corrected chi connectivity index (χ4v) is 5.13. The number of hydrogen-bond donors (Lipinski definition) is 2. The van der Waals surface area contributed by atoms with Crippen LogP contribution in [-0.2, 0) is 6.61 Å². The Bertz CT molecular complexity index is 1650. The summed E-state index contributed by atoms with van der Waals surface area (Å²) < 4.78 is 31.5. The molecule has 3 aromatic carbocycles. The molecule has 0 fully saturated rings. The maximum absolute atomic E-state index is 14.0. The molecule has 2 heterocycles. The molecule has 0 unspecified atom stereocenters. The second kappa shape index (κ2) is 11.3. The van der Waals surface area contributed by atoms with Crippen LogP contribution in [0.1, 0.15) is 40.3 Å². The highest BCUT2D eigenvalue weighted by atomic mass is 19.1. The second-order valence-corrected chi connectivity index (χ2v) is 10.5. The summed E-state index contributed by atoms with van der Waals surface area (Å²) in [4.78, 5) is 16.4. The number of hydrogen-bond acceptors (Lipinski definition) is 6. The van der Waals surface area contributed by atoms with Crippen molar-refractivity contribution in [1.82, 2.24) is 4.98 Å². The molecule has 0 atom stereocenters. The van der Waals surface area contributed by atoms with E-state index in [1.165, 1.54) is 18.3 Å². The van der Waals surface area contributed by atoms with E-state index in [0.717, 1.165) is 39.1 Å². The zero-order chi connectivity index (χ0) is 29.1. The third kappa shape index (κ3) is 6.17. The van der Waals surface area contributed by atoms with Gasteiger partial charge >= 0.3 is 6.09 Å². The van der Waals surface area contributed by atoms with Gasteiger partial charge in [-0.25, -0.2) is 9.18 Å². The number of halogens is 1. The number of nitrogens with one attached hydrogen (secondary N) is 2. The van der Waals surface area contributed by atoms with Crippen LogP contribution in [-0.4, -0.2) is 23.7 Å². The van der Waals surface area contributed by atoms with Gasteiger partial charge in [0.2, 0.25) is 0 Å². The third-order valence-corrected chi connectivity index (χ3v) is 6.85. The van der Waals surface area contributed by atoms with E-state index >= 15 is 0 Å². The van der Waals surface area contributed by atoms with E-state index in [9.17, 15) is 9.18 Å². The first-order valence-electron chi connectivity index (χ1n) is 13.2. The number of methoxy groups -OCH3 is 1. The van der Waals surface area contributed by atoms with Gasteiger partial charge in [0.05, 0.1) is 24.5 Å². The normalized spacial score (nSPS) is 13.4. The van der Waals surface area contributed by atoms with Crippen LogP contribution >= 0.6 is 0 Å². The number of carbonyl (C=O) groups is 1. The van der Waals surface area contributed by atoms with Crippen LogP contribution in [0, 0.1) is 12.7 Å². The Morgan fingerprint density at radius 1 is 1.05 bits per heavy atom. The summed E-state index contributed by atoms with van der Waals surface area (Å²) in [7, 11) is 1.57. The predicted octanol–water partition coefficient (Wildman–Crippen LogP) is 8.49. The van der Waals surface area contributed by atoms with E-state index in [-0.39, 0.29) is 20.8 Å². The number of aryl methyl sites for hydroxylation is 1. The molecule has 4 aromatic rings. The highest BCUT2D eigenvalue weighted by Crippen LogP contribution is 2.43. The van der Waals surface area contributed by atoms with Crippen LogP contribution in [0.2, 0.25) is 0 Å². The van der Waals surface area contributed by atoms with Gasteiger partial charge in [-0.1, -0.05) is 18.2 Å². The minimum Gasteiger partial charge on any atom is -0.496 e. The zero-order valence-corrected chi connectivity index (χ0v) is 23.7. The lowest BCUT2D eigenvalue weighted by atomic mass is 9.85. The van der Waals surface area contributed by atoms with Gasteiger partial charge in [-0.2, -0.15) is 0 Å². The molecule has 8 heteroatoms. The molecule has 5 rings (SSSR count). The molecule has 1 aromatic heterocycles. The smallest absolute Gasteiger partial charge is 0.417 e. The van der Waals surface area contributed by atoms with Crippen LogP contribution < -0.4 is 24.8 Å². The predicted molar refractivity (Wildman–Crippen MR) is 163 cm³/mol. The van der Waals surface area contributed by atoms with E-state index in [2.05, 4.69) is 42.5 Å². The number of carbonyl (C=O) groups excluding carboxylic acids is 1. The first-order valence-corrected chi connectivity index (χ1v) is 13.2. The molecule has 0 bridgehead atoms. The number of allylic oxidation sites excluding steroid dienone is 1. The molecule has 214 valence electrons. The quantitative estimate of drug-likeness (QED) is 0.237. The Morgan fingerprint density at radius 3 is 2.61 bits per heavy atom. The molecule has 41 heavy (non-hydrogen) atoms.